The summed E-state index contributed by atoms with van der Waals surface area (Å²) in [5.74, 6) is -1.11. The lowest BCUT2D eigenvalue weighted by Gasteiger charge is -2.02. The van der Waals surface area contributed by atoms with Gasteiger partial charge in [0.15, 0.2) is 0 Å². The van der Waals surface area contributed by atoms with E-state index in [2.05, 4.69) is 9.97 Å². The van der Waals surface area contributed by atoms with Crippen molar-refractivity contribution in [3.05, 3.63) is 34.1 Å². The maximum atomic E-state index is 11.8. The summed E-state index contributed by atoms with van der Waals surface area (Å²) in [6.45, 7) is -0.429. The van der Waals surface area contributed by atoms with Gasteiger partial charge >= 0.3 is 5.97 Å². The second-order valence-corrected chi connectivity index (χ2v) is 3.48. The first-order valence-corrected chi connectivity index (χ1v) is 4.68. The Labute approximate surface area is 94.1 Å². The molecule has 2 aromatic rings. The van der Waals surface area contributed by atoms with Gasteiger partial charge in [-0.1, -0.05) is 11.6 Å². The number of carboxylic acids is 1. The highest BCUT2D eigenvalue weighted by Gasteiger charge is 2.07. The molecule has 0 fully saturated rings. The molecule has 6 nitrogen and oxygen atoms in total. The number of aliphatic carboxylic acids is 1. The molecule has 1 N–H and O–H groups in total. The van der Waals surface area contributed by atoms with Crippen LogP contribution in [-0.2, 0) is 11.3 Å². The zero-order valence-corrected chi connectivity index (χ0v) is 8.68. The predicted octanol–water partition coefficient (Wildman–Crippen LogP) is 0.530. The molecule has 16 heavy (non-hydrogen) atoms. The van der Waals surface area contributed by atoms with Crippen LogP contribution in [0, 0.1) is 0 Å². The number of carbonyl (C=O) groups is 1. The largest absolute Gasteiger partial charge is 0.480 e. The van der Waals surface area contributed by atoms with Crippen molar-refractivity contribution >= 4 is 28.5 Å². The number of rotatable bonds is 2. The quantitative estimate of drug-likeness (QED) is 0.773. The summed E-state index contributed by atoms with van der Waals surface area (Å²) < 4.78 is 1.00. The van der Waals surface area contributed by atoms with Gasteiger partial charge in [0.1, 0.15) is 11.7 Å². The van der Waals surface area contributed by atoms with Gasteiger partial charge in [-0.05, 0) is 6.07 Å². The smallest absolute Gasteiger partial charge is 0.323 e. The van der Waals surface area contributed by atoms with E-state index in [4.69, 9.17) is 16.7 Å². The Hall–Kier alpha value is -1.95. The first-order chi connectivity index (χ1) is 7.58. The highest BCUT2D eigenvalue weighted by molar-refractivity contribution is 6.30. The first-order valence-electron chi connectivity index (χ1n) is 4.30. The van der Waals surface area contributed by atoms with Crippen LogP contribution in [0.4, 0.5) is 0 Å². The summed E-state index contributed by atoms with van der Waals surface area (Å²) in [4.78, 5) is 30.0. The molecule has 0 aliphatic carbocycles. The number of carboxylic acid groups (broad SMARTS) is 1. The van der Waals surface area contributed by atoms with E-state index >= 15 is 0 Å². The monoisotopic (exact) mass is 239 g/mol. The van der Waals surface area contributed by atoms with E-state index in [0.717, 1.165) is 4.57 Å². The number of nitrogens with zero attached hydrogens (tertiary/aromatic N) is 3. The minimum Gasteiger partial charge on any atom is -0.480 e. The van der Waals surface area contributed by atoms with Crippen LogP contribution in [0.5, 0.6) is 0 Å². The predicted molar refractivity (Wildman–Crippen MR) is 56.4 cm³/mol. The van der Waals surface area contributed by atoms with Crippen molar-refractivity contribution in [2.24, 2.45) is 0 Å². The SMILES string of the molecule is O=C(O)Cn1cnc2cnc(Cl)cc2c1=O. The Balaban J connectivity index is 2.68. The molecule has 0 radical (unpaired) electrons. The van der Waals surface area contributed by atoms with Gasteiger partial charge in [0.25, 0.3) is 5.56 Å². The first kappa shape index (κ1) is 10.6. The third-order valence-corrected chi connectivity index (χ3v) is 2.19. The summed E-state index contributed by atoms with van der Waals surface area (Å²) in [6.07, 6.45) is 2.54. The summed E-state index contributed by atoms with van der Waals surface area (Å²) in [5.41, 5.74) is -0.0623. The third-order valence-electron chi connectivity index (χ3n) is 1.98. The molecule has 2 aromatic heterocycles. The minimum atomic E-state index is -1.11. The lowest BCUT2D eigenvalue weighted by molar-refractivity contribution is -0.137. The van der Waals surface area contributed by atoms with E-state index in [1.165, 1.54) is 18.6 Å². The Bertz CT molecular complexity index is 623. The van der Waals surface area contributed by atoms with Crippen LogP contribution in [0.25, 0.3) is 10.9 Å². The Morgan fingerprint density at radius 3 is 2.94 bits per heavy atom. The molecule has 0 aliphatic rings. The van der Waals surface area contributed by atoms with Gasteiger partial charge in [-0.2, -0.15) is 0 Å². The number of aromatic nitrogens is 3. The summed E-state index contributed by atoms with van der Waals surface area (Å²) in [7, 11) is 0. The van der Waals surface area contributed by atoms with Gasteiger partial charge in [0.2, 0.25) is 0 Å². The fraction of sp³-hybridized carbons (Fsp3) is 0.111. The molecule has 0 unspecified atom stereocenters. The van der Waals surface area contributed by atoms with Crippen LogP contribution in [0.2, 0.25) is 5.15 Å². The van der Waals surface area contributed by atoms with Crippen molar-refractivity contribution in [3.63, 3.8) is 0 Å². The minimum absolute atomic E-state index is 0.166. The van der Waals surface area contributed by atoms with E-state index in [9.17, 15) is 9.59 Å². The van der Waals surface area contributed by atoms with Crippen molar-refractivity contribution < 1.29 is 9.90 Å². The molecule has 0 atom stereocenters. The van der Waals surface area contributed by atoms with Crippen molar-refractivity contribution in [2.45, 2.75) is 6.54 Å². The summed E-state index contributed by atoms with van der Waals surface area (Å²) in [6, 6.07) is 1.37. The van der Waals surface area contributed by atoms with E-state index < -0.39 is 18.1 Å². The second kappa shape index (κ2) is 3.90. The van der Waals surface area contributed by atoms with Crippen molar-refractivity contribution in [2.75, 3.05) is 0 Å². The molecule has 7 heteroatoms. The van der Waals surface area contributed by atoms with Gasteiger partial charge in [-0.3, -0.25) is 14.2 Å². The number of hydrogen-bond acceptors (Lipinski definition) is 4. The van der Waals surface area contributed by atoms with Gasteiger partial charge in [0, 0.05) is 0 Å². The molecular formula is C9H6ClN3O3. The summed E-state index contributed by atoms with van der Waals surface area (Å²) in [5, 5.41) is 9.01. The lowest BCUT2D eigenvalue weighted by Crippen LogP contribution is -2.24. The molecule has 82 valence electrons. The van der Waals surface area contributed by atoms with Crippen LogP contribution < -0.4 is 5.56 Å². The Kier molecular flexibility index (Phi) is 2.57. The maximum absolute atomic E-state index is 11.8. The number of halogens is 1. The zero-order valence-electron chi connectivity index (χ0n) is 7.92. The lowest BCUT2D eigenvalue weighted by atomic mass is 10.3. The van der Waals surface area contributed by atoms with E-state index in [-0.39, 0.29) is 10.5 Å². The van der Waals surface area contributed by atoms with Crippen molar-refractivity contribution in [1.82, 2.24) is 14.5 Å². The van der Waals surface area contributed by atoms with E-state index in [1.807, 2.05) is 0 Å². The van der Waals surface area contributed by atoms with Crippen LogP contribution in [0.1, 0.15) is 0 Å². The number of hydrogen-bond donors (Lipinski definition) is 1. The third kappa shape index (κ3) is 1.87. The fourth-order valence-electron chi connectivity index (χ4n) is 1.29. The van der Waals surface area contributed by atoms with Crippen LogP contribution in [0.3, 0.4) is 0 Å². The molecule has 0 amide bonds. The van der Waals surface area contributed by atoms with Crippen molar-refractivity contribution in [1.29, 1.82) is 0 Å². The Morgan fingerprint density at radius 1 is 1.50 bits per heavy atom. The summed E-state index contributed by atoms with van der Waals surface area (Å²) >= 11 is 5.65. The topological polar surface area (TPSA) is 85.1 Å². The molecule has 0 aromatic carbocycles. The van der Waals surface area contributed by atoms with Gasteiger partial charge in [0.05, 0.1) is 23.4 Å². The van der Waals surface area contributed by atoms with Crippen molar-refractivity contribution in [3.8, 4) is 0 Å². The second-order valence-electron chi connectivity index (χ2n) is 3.10. The molecule has 0 bridgehead atoms. The molecule has 0 spiro atoms. The van der Waals surface area contributed by atoms with E-state index in [1.54, 1.807) is 0 Å². The van der Waals surface area contributed by atoms with Crippen LogP contribution >= 0.6 is 11.6 Å². The molecular weight excluding hydrogens is 234 g/mol. The van der Waals surface area contributed by atoms with E-state index in [0.29, 0.717) is 5.52 Å². The standard InChI is InChI=1S/C9H6ClN3O3/c10-7-1-5-6(2-11-7)12-4-13(9(5)16)3-8(14)15/h1-2,4H,3H2,(H,14,15). The molecule has 0 saturated heterocycles. The van der Waals surface area contributed by atoms with Crippen LogP contribution in [-0.4, -0.2) is 25.6 Å². The van der Waals surface area contributed by atoms with Gasteiger partial charge < -0.3 is 5.11 Å². The number of fused-ring (bicyclic) bond motifs is 1. The Morgan fingerprint density at radius 2 is 2.25 bits per heavy atom. The normalized spacial score (nSPS) is 10.6. The highest BCUT2D eigenvalue weighted by Crippen LogP contribution is 2.10. The highest BCUT2D eigenvalue weighted by atomic mass is 35.5. The fourth-order valence-corrected chi connectivity index (χ4v) is 1.45. The average Bonchev–Trinajstić information content (AvgIpc) is 2.22. The molecule has 0 aliphatic heterocycles. The zero-order chi connectivity index (χ0) is 11.7. The average molecular weight is 240 g/mol. The molecule has 2 heterocycles. The molecule has 0 saturated carbocycles. The van der Waals surface area contributed by atoms with Gasteiger partial charge in [-0.15, -0.1) is 0 Å². The molecule has 2 rings (SSSR count). The van der Waals surface area contributed by atoms with Gasteiger partial charge in [-0.25, -0.2) is 9.97 Å². The maximum Gasteiger partial charge on any atom is 0.323 e. The number of pyridine rings is 1. The van der Waals surface area contributed by atoms with Crippen LogP contribution in [0.15, 0.2) is 23.4 Å².